The second-order valence-electron chi connectivity index (χ2n) is 7.24. The van der Waals surface area contributed by atoms with Gasteiger partial charge in [-0.1, -0.05) is 47.6 Å². The molecule has 0 aliphatic carbocycles. The number of amides is 1. The van der Waals surface area contributed by atoms with Crippen molar-refractivity contribution in [3.8, 4) is 34.3 Å². The number of hydrogen-bond donors (Lipinski definition) is 1. The molecule has 5 rings (SSSR count). The Morgan fingerprint density at radius 2 is 1.85 bits per heavy atom. The topological polar surface area (TPSA) is 117 Å². The maximum atomic E-state index is 12.4. The molecule has 5 aromatic rings. The van der Waals surface area contributed by atoms with Gasteiger partial charge in [0.15, 0.2) is 22.9 Å². The van der Waals surface area contributed by atoms with Crippen molar-refractivity contribution in [2.75, 3.05) is 20.3 Å². The van der Waals surface area contributed by atoms with Crippen molar-refractivity contribution < 1.29 is 18.8 Å². The molecular weight excluding hydrogens is 436 g/mol. The lowest BCUT2D eigenvalue weighted by atomic mass is 10.1. The number of ether oxygens (including phenoxy) is 2. The predicted molar refractivity (Wildman–Crippen MR) is 123 cm³/mol. The molecule has 1 N–H and O–H groups in total. The summed E-state index contributed by atoms with van der Waals surface area (Å²) in [6.45, 7) is 0.473. The second-order valence-corrected chi connectivity index (χ2v) is 7.24. The Morgan fingerprint density at radius 1 is 1.00 bits per heavy atom. The molecule has 0 bridgehead atoms. The van der Waals surface area contributed by atoms with Crippen LogP contribution in [0, 0.1) is 0 Å². The van der Waals surface area contributed by atoms with E-state index in [-0.39, 0.29) is 24.8 Å². The molecular formula is C24H20N6O4. The average molecular weight is 456 g/mol. The van der Waals surface area contributed by atoms with Crippen LogP contribution in [-0.2, 0) is 0 Å². The summed E-state index contributed by atoms with van der Waals surface area (Å²) in [7, 11) is 1.61. The van der Waals surface area contributed by atoms with E-state index in [1.54, 1.807) is 29.8 Å². The van der Waals surface area contributed by atoms with E-state index in [1.165, 1.54) is 0 Å². The van der Waals surface area contributed by atoms with Crippen LogP contribution in [0.2, 0.25) is 0 Å². The Morgan fingerprint density at radius 3 is 2.71 bits per heavy atom. The SMILES string of the molecule is COc1cccc(-c2nnc3ccc(OCCNC(=O)c4cc(-c5ccccc5)on4)nn23)c1. The zero-order valence-corrected chi connectivity index (χ0v) is 18.2. The number of nitrogens with one attached hydrogen (secondary N) is 1. The van der Waals surface area contributed by atoms with Gasteiger partial charge in [-0.25, -0.2) is 0 Å². The fourth-order valence-corrected chi connectivity index (χ4v) is 3.32. The highest BCUT2D eigenvalue weighted by Gasteiger charge is 2.14. The van der Waals surface area contributed by atoms with Crippen LogP contribution < -0.4 is 14.8 Å². The molecule has 0 radical (unpaired) electrons. The number of fused-ring (bicyclic) bond motifs is 1. The zero-order chi connectivity index (χ0) is 23.3. The zero-order valence-electron chi connectivity index (χ0n) is 18.2. The van der Waals surface area contributed by atoms with Gasteiger partial charge >= 0.3 is 0 Å². The molecule has 0 unspecified atom stereocenters. The van der Waals surface area contributed by atoms with Gasteiger partial charge in [-0.2, -0.15) is 4.52 Å². The molecule has 0 aliphatic rings. The van der Waals surface area contributed by atoms with Gasteiger partial charge in [0, 0.05) is 23.3 Å². The number of nitrogens with zero attached hydrogens (tertiary/aromatic N) is 5. The number of aromatic nitrogens is 5. The first kappa shape index (κ1) is 21.1. The highest BCUT2D eigenvalue weighted by atomic mass is 16.5. The van der Waals surface area contributed by atoms with Gasteiger partial charge in [0.25, 0.3) is 5.91 Å². The highest BCUT2D eigenvalue weighted by molar-refractivity contribution is 5.93. The number of rotatable bonds is 8. The summed E-state index contributed by atoms with van der Waals surface area (Å²) in [5.41, 5.74) is 2.44. The van der Waals surface area contributed by atoms with Crippen molar-refractivity contribution in [3.05, 3.63) is 78.5 Å². The molecule has 2 aromatic carbocycles. The van der Waals surface area contributed by atoms with E-state index in [9.17, 15) is 4.79 Å². The first-order valence-corrected chi connectivity index (χ1v) is 10.5. The molecule has 10 heteroatoms. The number of benzene rings is 2. The minimum atomic E-state index is -0.350. The molecule has 0 fully saturated rings. The largest absolute Gasteiger partial charge is 0.497 e. The van der Waals surface area contributed by atoms with Crippen LogP contribution in [0.3, 0.4) is 0 Å². The third-order valence-electron chi connectivity index (χ3n) is 5.00. The van der Waals surface area contributed by atoms with Crippen molar-refractivity contribution in [3.63, 3.8) is 0 Å². The number of carbonyl (C=O) groups is 1. The molecule has 0 aliphatic heterocycles. The van der Waals surface area contributed by atoms with Crippen LogP contribution in [0.5, 0.6) is 11.6 Å². The first-order valence-electron chi connectivity index (χ1n) is 10.5. The summed E-state index contributed by atoms with van der Waals surface area (Å²) in [5, 5.41) is 19.4. The van der Waals surface area contributed by atoms with Gasteiger partial charge in [0.05, 0.1) is 13.7 Å². The summed E-state index contributed by atoms with van der Waals surface area (Å²) < 4.78 is 17.9. The van der Waals surface area contributed by atoms with E-state index in [0.717, 1.165) is 11.1 Å². The summed E-state index contributed by atoms with van der Waals surface area (Å²) in [6.07, 6.45) is 0. The number of methoxy groups -OCH3 is 1. The fourth-order valence-electron chi connectivity index (χ4n) is 3.32. The summed E-state index contributed by atoms with van der Waals surface area (Å²) in [6, 6.07) is 22.0. The summed E-state index contributed by atoms with van der Waals surface area (Å²) >= 11 is 0. The lowest BCUT2D eigenvalue weighted by Gasteiger charge is -2.07. The second kappa shape index (κ2) is 9.41. The number of carbonyl (C=O) groups excluding carboxylic acids is 1. The van der Waals surface area contributed by atoms with Gasteiger partial charge in [-0.15, -0.1) is 15.3 Å². The number of hydrogen-bond acceptors (Lipinski definition) is 8. The molecule has 0 atom stereocenters. The van der Waals surface area contributed by atoms with Gasteiger partial charge in [-0.3, -0.25) is 4.79 Å². The monoisotopic (exact) mass is 456 g/mol. The van der Waals surface area contributed by atoms with Crippen LogP contribution in [0.15, 0.2) is 77.3 Å². The first-order chi connectivity index (χ1) is 16.7. The Bertz CT molecular complexity index is 1430. The van der Waals surface area contributed by atoms with E-state index >= 15 is 0 Å². The van der Waals surface area contributed by atoms with E-state index in [0.29, 0.717) is 28.9 Å². The van der Waals surface area contributed by atoms with E-state index < -0.39 is 0 Å². The summed E-state index contributed by atoms with van der Waals surface area (Å²) in [4.78, 5) is 12.4. The minimum Gasteiger partial charge on any atom is -0.497 e. The third kappa shape index (κ3) is 4.42. The highest BCUT2D eigenvalue weighted by Crippen LogP contribution is 2.23. The van der Waals surface area contributed by atoms with Gasteiger partial charge in [0.1, 0.15) is 12.4 Å². The smallest absolute Gasteiger partial charge is 0.273 e. The van der Waals surface area contributed by atoms with Gasteiger partial charge < -0.3 is 19.3 Å². The predicted octanol–water partition coefficient (Wildman–Crippen LogP) is 3.26. The van der Waals surface area contributed by atoms with Crippen molar-refractivity contribution in [2.45, 2.75) is 0 Å². The van der Waals surface area contributed by atoms with E-state index in [4.69, 9.17) is 14.0 Å². The van der Waals surface area contributed by atoms with Crippen LogP contribution in [0.4, 0.5) is 0 Å². The normalized spacial score (nSPS) is 10.9. The molecule has 3 heterocycles. The molecule has 3 aromatic heterocycles. The lowest BCUT2D eigenvalue weighted by molar-refractivity contribution is 0.0937. The van der Waals surface area contributed by atoms with Crippen LogP contribution >= 0.6 is 0 Å². The molecule has 0 saturated carbocycles. The average Bonchev–Trinajstić information content (AvgIpc) is 3.55. The summed E-state index contributed by atoms with van der Waals surface area (Å²) in [5.74, 6) is 1.82. The Labute approximate surface area is 194 Å². The molecule has 10 nitrogen and oxygen atoms in total. The minimum absolute atomic E-state index is 0.200. The van der Waals surface area contributed by atoms with Crippen molar-refractivity contribution in [1.29, 1.82) is 0 Å². The molecule has 0 saturated heterocycles. The molecule has 170 valence electrons. The van der Waals surface area contributed by atoms with E-state index in [2.05, 4.69) is 25.8 Å². The Hall–Kier alpha value is -4.73. The lowest BCUT2D eigenvalue weighted by Crippen LogP contribution is -2.28. The fraction of sp³-hybridized carbons (Fsp3) is 0.125. The van der Waals surface area contributed by atoms with Crippen LogP contribution in [0.25, 0.3) is 28.4 Å². The van der Waals surface area contributed by atoms with Crippen molar-refractivity contribution in [1.82, 2.24) is 30.3 Å². The molecule has 34 heavy (non-hydrogen) atoms. The molecule has 1 amide bonds. The molecule has 0 spiro atoms. The van der Waals surface area contributed by atoms with Crippen molar-refractivity contribution in [2.24, 2.45) is 0 Å². The maximum absolute atomic E-state index is 12.4. The maximum Gasteiger partial charge on any atom is 0.273 e. The Kier molecular flexibility index (Phi) is 5.85. The van der Waals surface area contributed by atoms with Crippen LogP contribution in [-0.4, -0.2) is 51.1 Å². The standard InChI is InChI=1S/C24H20N6O4/c1-32-18-9-5-8-17(14-18)23-27-26-21-10-11-22(28-30(21)23)33-13-12-25-24(31)19-15-20(34-29-19)16-6-3-2-4-7-16/h2-11,14-15H,12-13H2,1H3,(H,25,31). The van der Waals surface area contributed by atoms with Crippen molar-refractivity contribution >= 4 is 11.6 Å². The van der Waals surface area contributed by atoms with Gasteiger partial charge in [-0.05, 0) is 18.2 Å². The quantitative estimate of drug-likeness (QED) is 0.354. The van der Waals surface area contributed by atoms with Gasteiger partial charge in [0.2, 0.25) is 5.88 Å². The third-order valence-corrected chi connectivity index (χ3v) is 5.00. The van der Waals surface area contributed by atoms with E-state index in [1.807, 2.05) is 54.6 Å². The Balaban J connectivity index is 1.20. The van der Waals surface area contributed by atoms with Crippen LogP contribution in [0.1, 0.15) is 10.5 Å².